The van der Waals surface area contributed by atoms with Crippen LogP contribution in [-0.2, 0) is 0 Å². The second kappa shape index (κ2) is 5.73. The van der Waals surface area contributed by atoms with Gasteiger partial charge in [-0.25, -0.2) is 4.98 Å². The van der Waals surface area contributed by atoms with Crippen LogP contribution in [0.2, 0.25) is 5.02 Å². The van der Waals surface area contributed by atoms with Crippen molar-refractivity contribution in [2.24, 2.45) is 0 Å². The van der Waals surface area contributed by atoms with Crippen molar-refractivity contribution in [3.63, 3.8) is 0 Å². The summed E-state index contributed by atoms with van der Waals surface area (Å²) in [5.41, 5.74) is 2.44. The van der Waals surface area contributed by atoms with Gasteiger partial charge in [-0.2, -0.15) is 5.26 Å². The lowest BCUT2D eigenvalue weighted by atomic mass is 10.1. The van der Waals surface area contributed by atoms with Gasteiger partial charge in [-0.05, 0) is 37.6 Å². The Kier molecular flexibility index (Phi) is 4.03. The van der Waals surface area contributed by atoms with Crippen LogP contribution in [-0.4, -0.2) is 11.0 Å². The molecule has 1 heterocycles. The van der Waals surface area contributed by atoms with Crippen molar-refractivity contribution < 1.29 is 0 Å². The quantitative estimate of drug-likeness (QED) is 0.914. The smallest absolute Gasteiger partial charge is 0.144 e. The first-order valence-electron chi connectivity index (χ1n) is 6.03. The summed E-state index contributed by atoms with van der Waals surface area (Å²) in [7, 11) is 0. The van der Waals surface area contributed by atoms with E-state index >= 15 is 0 Å². The number of anilines is 1. The first-order valence-corrected chi connectivity index (χ1v) is 6.40. The van der Waals surface area contributed by atoms with Gasteiger partial charge >= 0.3 is 0 Å². The Morgan fingerprint density at radius 2 is 1.89 bits per heavy atom. The zero-order chi connectivity index (χ0) is 13.8. The number of hydrogen-bond donors (Lipinski definition) is 1. The molecule has 1 aromatic carbocycles. The predicted molar refractivity (Wildman–Crippen MR) is 78.2 cm³/mol. The molecule has 1 aromatic heterocycles. The van der Waals surface area contributed by atoms with Crippen LogP contribution in [0.4, 0.5) is 5.82 Å². The zero-order valence-electron chi connectivity index (χ0n) is 10.8. The first kappa shape index (κ1) is 13.4. The second-order valence-corrected chi connectivity index (χ2v) is 4.97. The lowest BCUT2D eigenvalue weighted by Crippen LogP contribution is -2.12. The van der Waals surface area contributed by atoms with Crippen molar-refractivity contribution in [3.8, 4) is 17.2 Å². The van der Waals surface area contributed by atoms with Gasteiger partial charge in [-0.1, -0.05) is 23.7 Å². The Morgan fingerprint density at radius 3 is 2.47 bits per heavy atom. The predicted octanol–water partition coefficient (Wildman–Crippen LogP) is 4.09. The molecule has 0 unspecified atom stereocenters. The molecular formula is C15H14ClN3. The maximum absolute atomic E-state index is 9.20. The van der Waals surface area contributed by atoms with Crippen LogP contribution >= 0.6 is 11.6 Å². The van der Waals surface area contributed by atoms with E-state index < -0.39 is 0 Å². The zero-order valence-corrected chi connectivity index (χ0v) is 11.6. The van der Waals surface area contributed by atoms with Crippen LogP contribution in [0.5, 0.6) is 0 Å². The molecule has 0 amide bonds. The monoisotopic (exact) mass is 271 g/mol. The number of aromatic nitrogens is 1. The van der Waals surface area contributed by atoms with E-state index in [0.717, 1.165) is 11.1 Å². The Morgan fingerprint density at radius 1 is 1.21 bits per heavy atom. The molecule has 96 valence electrons. The molecule has 19 heavy (non-hydrogen) atoms. The van der Waals surface area contributed by atoms with E-state index in [9.17, 15) is 5.26 Å². The van der Waals surface area contributed by atoms with Crippen LogP contribution in [0.25, 0.3) is 11.1 Å². The molecular weight excluding hydrogens is 258 g/mol. The molecule has 2 aromatic rings. The number of rotatable bonds is 3. The normalized spacial score (nSPS) is 10.3. The number of benzene rings is 1. The standard InChI is InChI=1S/C15H14ClN3/c1-10(2)19-15-12(8-17)7-13(9-18-15)11-3-5-14(16)6-4-11/h3-7,9-10H,1-2H3,(H,18,19). The number of pyridine rings is 1. The van der Waals surface area contributed by atoms with Gasteiger partial charge in [0.05, 0.1) is 5.56 Å². The fraction of sp³-hybridized carbons (Fsp3) is 0.200. The molecule has 0 atom stereocenters. The summed E-state index contributed by atoms with van der Waals surface area (Å²) in [5, 5.41) is 13.0. The summed E-state index contributed by atoms with van der Waals surface area (Å²) in [4.78, 5) is 4.32. The van der Waals surface area contributed by atoms with E-state index in [1.54, 1.807) is 6.20 Å². The SMILES string of the molecule is CC(C)Nc1ncc(-c2ccc(Cl)cc2)cc1C#N. The highest BCUT2D eigenvalue weighted by Crippen LogP contribution is 2.24. The van der Waals surface area contributed by atoms with Crippen LogP contribution < -0.4 is 5.32 Å². The molecule has 0 fully saturated rings. The molecule has 3 nitrogen and oxygen atoms in total. The van der Waals surface area contributed by atoms with E-state index in [2.05, 4.69) is 16.4 Å². The number of halogens is 1. The Bertz CT molecular complexity index is 612. The molecule has 0 aliphatic heterocycles. The summed E-state index contributed by atoms with van der Waals surface area (Å²) in [6.07, 6.45) is 1.76. The molecule has 0 saturated carbocycles. The summed E-state index contributed by atoms with van der Waals surface area (Å²) < 4.78 is 0. The van der Waals surface area contributed by atoms with Gasteiger partial charge in [0.25, 0.3) is 0 Å². The van der Waals surface area contributed by atoms with Crippen molar-refractivity contribution >= 4 is 17.4 Å². The van der Waals surface area contributed by atoms with Crippen molar-refractivity contribution in [2.45, 2.75) is 19.9 Å². The number of nitrogens with zero attached hydrogens (tertiary/aromatic N) is 2. The largest absolute Gasteiger partial charge is 0.367 e. The summed E-state index contributed by atoms with van der Waals surface area (Å²) in [6, 6.07) is 11.7. The minimum Gasteiger partial charge on any atom is -0.367 e. The van der Waals surface area contributed by atoms with E-state index in [1.807, 2.05) is 44.2 Å². The summed E-state index contributed by atoms with van der Waals surface area (Å²) in [6.45, 7) is 4.02. The molecule has 0 radical (unpaired) electrons. The van der Waals surface area contributed by atoms with Crippen LogP contribution in [0, 0.1) is 11.3 Å². The first-order chi connectivity index (χ1) is 9.10. The van der Waals surface area contributed by atoms with Gasteiger partial charge in [0, 0.05) is 22.8 Å². The lowest BCUT2D eigenvalue weighted by Gasteiger charge is -2.11. The number of hydrogen-bond acceptors (Lipinski definition) is 3. The van der Waals surface area contributed by atoms with E-state index in [4.69, 9.17) is 11.6 Å². The molecule has 0 spiro atoms. The van der Waals surface area contributed by atoms with Gasteiger partial charge in [0.15, 0.2) is 0 Å². The molecule has 0 aliphatic rings. The Balaban J connectivity index is 2.39. The van der Waals surface area contributed by atoms with Crippen LogP contribution in [0.3, 0.4) is 0 Å². The Labute approximate surface area is 117 Å². The highest BCUT2D eigenvalue weighted by Gasteiger charge is 2.07. The third-order valence-corrected chi connectivity index (χ3v) is 2.86. The van der Waals surface area contributed by atoms with Crippen molar-refractivity contribution in [2.75, 3.05) is 5.32 Å². The van der Waals surface area contributed by atoms with Gasteiger partial charge in [0.1, 0.15) is 11.9 Å². The molecule has 0 bridgehead atoms. The highest BCUT2D eigenvalue weighted by molar-refractivity contribution is 6.30. The minimum atomic E-state index is 0.237. The van der Waals surface area contributed by atoms with Gasteiger partial charge in [-0.15, -0.1) is 0 Å². The fourth-order valence-electron chi connectivity index (χ4n) is 1.74. The van der Waals surface area contributed by atoms with Crippen molar-refractivity contribution in [3.05, 3.63) is 47.1 Å². The summed E-state index contributed by atoms with van der Waals surface area (Å²) in [5.74, 6) is 0.621. The van der Waals surface area contributed by atoms with Crippen LogP contribution in [0.1, 0.15) is 19.4 Å². The number of nitrogens with one attached hydrogen (secondary N) is 1. The average Bonchev–Trinajstić information content (AvgIpc) is 2.39. The Hall–Kier alpha value is -2.05. The van der Waals surface area contributed by atoms with E-state index in [1.165, 1.54) is 0 Å². The van der Waals surface area contributed by atoms with Crippen molar-refractivity contribution in [1.29, 1.82) is 5.26 Å². The number of nitriles is 1. The molecule has 4 heteroatoms. The maximum Gasteiger partial charge on any atom is 0.144 e. The molecule has 0 saturated heterocycles. The minimum absolute atomic E-state index is 0.237. The second-order valence-electron chi connectivity index (χ2n) is 4.54. The summed E-state index contributed by atoms with van der Waals surface area (Å²) >= 11 is 5.86. The molecule has 2 rings (SSSR count). The molecule has 1 N–H and O–H groups in total. The van der Waals surface area contributed by atoms with Crippen LogP contribution in [0.15, 0.2) is 36.5 Å². The molecule has 0 aliphatic carbocycles. The topological polar surface area (TPSA) is 48.7 Å². The lowest BCUT2D eigenvalue weighted by molar-refractivity contribution is 0.888. The maximum atomic E-state index is 9.20. The van der Waals surface area contributed by atoms with E-state index in [-0.39, 0.29) is 6.04 Å². The average molecular weight is 272 g/mol. The third-order valence-electron chi connectivity index (χ3n) is 2.61. The van der Waals surface area contributed by atoms with Gasteiger partial charge in [-0.3, -0.25) is 0 Å². The highest BCUT2D eigenvalue weighted by atomic mass is 35.5. The van der Waals surface area contributed by atoms with Gasteiger partial charge < -0.3 is 5.32 Å². The van der Waals surface area contributed by atoms with Crippen molar-refractivity contribution in [1.82, 2.24) is 4.98 Å². The third kappa shape index (κ3) is 3.24. The van der Waals surface area contributed by atoms with Gasteiger partial charge in [0.2, 0.25) is 0 Å². The fourth-order valence-corrected chi connectivity index (χ4v) is 1.86. The van der Waals surface area contributed by atoms with E-state index in [0.29, 0.717) is 16.4 Å².